The fourth-order valence-electron chi connectivity index (χ4n) is 3.89. The van der Waals surface area contributed by atoms with E-state index in [9.17, 15) is 14.7 Å². The average Bonchev–Trinajstić information content (AvgIpc) is 3.28. The van der Waals surface area contributed by atoms with Gasteiger partial charge in [-0.15, -0.1) is 5.10 Å². The minimum absolute atomic E-state index is 0.0670. The standard InChI is InChI=1S/C19H22N4O3/c1-12-17(20-21-23(12)14-5-3-2-4-6-14)9-18(24)22-10-15(13-7-8-13)16(11-22)19(25)26/h2-6,13,15-16H,7-11H2,1H3,(H,25,26)/t15-,16+/m1/s1. The smallest absolute Gasteiger partial charge is 0.308 e. The summed E-state index contributed by atoms with van der Waals surface area (Å²) < 4.78 is 1.72. The number of carbonyl (C=O) groups is 2. The molecule has 0 unspecified atom stereocenters. The van der Waals surface area contributed by atoms with E-state index in [4.69, 9.17) is 0 Å². The molecule has 1 amide bonds. The summed E-state index contributed by atoms with van der Waals surface area (Å²) in [6.07, 6.45) is 2.32. The lowest BCUT2D eigenvalue weighted by molar-refractivity contribution is -0.142. The Labute approximate surface area is 151 Å². The van der Waals surface area contributed by atoms with Gasteiger partial charge in [-0.2, -0.15) is 0 Å². The molecule has 2 fully saturated rings. The molecular weight excluding hydrogens is 332 g/mol. The molecule has 2 aliphatic rings. The molecule has 1 aliphatic heterocycles. The van der Waals surface area contributed by atoms with E-state index in [1.807, 2.05) is 37.3 Å². The zero-order valence-electron chi connectivity index (χ0n) is 14.7. The summed E-state index contributed by atoms with van der Waals surface area (Å²) in [5, 5.41) is 17.8. The number of carboxylic acid groups (broad SMARTS) is 1. The van der Waals surface area contributed by atoms with Gasteiger partial charge in [-0.05, 0) is 43.7 Å². The average molecular weight is 354 g/mol. The van der Waals surface area contributed by atoms with Gasteiger partial charge < -0.3 is 10.0 Å². The van der Waals surface area contributed by atoms with Crippen molar-refractivity contribution in [3.63, 3.8) is 0 Å². The number of hydrogen-bond acceptors (Lipinski definition) is 4. The molecule has 1 saturated heterocycles. The van der Waals surface area contributed by atoms with E-state index in [1.165, 1.54) is 0 Å². The Bertz CT molecular complexity index is 829. The molecule has 1 saturated carbocycles. The molecule has 2 atom stereocenters. The van der Waals surface area contributed by atoms with Crippen LogP contribution in [-0.2, 0) is 16.0 Å². The third kappa shape index (κ3) is 3.09. The molecule has 0 spiro atoms. The number of carboxylic acids is 1. The Morgan fingerprint density at radius 1 is 1.19 bits per heavy atom. The van der Waals surface area contributed by atoms with Crippen LogP contribution in [0.25, 0.3) is 5.69 Å². The molecule has 1 N–H and O–H groups in total. The minimum atomic E-state index is -0.789. The number of rotatable bonds is 5. The fourth-order valence-corrected chi connectivity index (χ4v) is 3.89. The minimum Gasteiger partial charge on any atom is -0.481 e. The van der Waals surface area contributed by atoms with E-state index in [1.54, 1.807) is 9.58 Å². The lowest BCUT2D eigenvalue weighted by atomic mass is 9.92. The molecule has 7 heteroatoms. The highest BCUT2D eigenvalue weighted by molar-refractivity contribution is 5.80. The molecule has 7 nitrogen and oxygen atoms in total. The van der Waals surface area contributed by atoms with Crippen molar-refractivity contribution in [1.82, 2.24) is 19.9 Å². The lowest BCUT2D eigenvalue weighted by Gasteiger charge is -2.15. The van der Waals surface area contributed by atoms with Gasteiger partial charge in [0, 0.05) is 13.1 Å². The van der Waals surface area contributed by atoms with Gasteiger partial charge in [0.15, 0.2) is 0 Å². The summed E-state index contributed by atoms with van der Waals surface area (Å²) in [4.78, 5) is 25.9. The number of para-hydroxylation sites is 1. The Morgan fingerprint density at radius 3 is 2.58 bits per heavy atom. The van der Waals surface area contributed by atoms with Crippen molar-refractivity contribution in [1.29, 1.82) is 0 Å². The van der Waals surface area contributed by atoms with Crippen molar-refractivity contribution < 1.29 is 14.7 Å². The second kappa shape index (κ2) is 6.55. The monoisotopic (exact) mass is 354 g/mol. The molecule has 2 heterocycles. The van der Waals surface area contributed by atoms with Crippen LogP contribution in [0.1, 0.15) is 24.2 Å². The Hall–Kier alpha value is -2.70. The van der Waals surface area contributed by atoms with E-state index < -0.39 is 11.9 Å². The van der Waals surface area contributed by atoms with Crippen molar-refractivity contribution in [2.24, 2.45) is 17.8 Å². The number of carbonyl (C=O) groups excluding carboxylic acids is 1. The van der Waals surface area contributed by atoms with Crippen LogP contribution in [0.15, 0.2) is 30.3 Å². The van der Waals surface area contributed by atoms with Gasteiger partial charge in [0.2, 0.25) is 5.91 Å². The van der Waals surface area contributed by atoms with Gasteiger partial charge in [0.05, 0.1) is 29.4 Å². The van der Waals surface area contributed by atoms with Gasteiger partial charge in [-0.25, -0.2) is 4.68 Å². The summed E-state index contributed by atoms with van der Waals surface area (Å²) in [5.74, 6) is -0.731. The predicted molar refractivity (Wildman–Crippen MR) is 93.7 cm³/mol. The number of nitrogens with zero attached hydrogens (tertiary/aromatic N) is 4. The largest absolute Gasteiger partial charge is 0.481 e. The zero-order valence-corrected chi connectivity index (χ0v) is 14.7. The first-order chi connectivity index (χ1) is 12.5. The van der Waals surface area contributed by atoms with E-state index >= 15 is 0 Å². The maximum atomic E-state index is 12.7. The van der Waals surface area contributed by atoms with Crippen LogP contribution in [0.2, 0.25) is 0 Å². The van der Waals surface area contributed by atoms with Crippen LogP contribution >= 0.6 is 0 Å². The third-order valence-electron chi connectivity index (χ3n) is 5.57. The topological polar surface area (TPSA) is 88.3 Å². The molecule has 1 aromatic heterocycles. The van der Waals surface area contributed by atoms with Crippen molar-refractivity contribution in [2.45, 2.75) is 26.2 Å². The fraction of sp³-hybridized carbons (Fsp3) is 0.474. The highest BCUT2D eigenvalue weighted by Gasteiger charge is 2.46. The van der Waals surface area contributed by atoms with Crippen molar-refractivity contribution in [3.05, 3.63) is 41.7 Å². The van der Waals surface area contributed by atoms with Crippen LogP contribution in [0, 0.1) is 24.7 Å². The molecule has 1 aromatic carbocycles. The first kappa shape index (κ1) is 16.8. The summed E-state index contributed by atoms with van der Waals surface area (Å²) in [7, 11) is 0. The molecule has 0 radical (unpaired) electrons. The van der Waals surface area contributed by atoms with Crippen molar-refractivity contribution in [2.75, 3.05) is 13.1 Å². The van der Waals surface area contributed by atoms with Crippen molar-refractivity contribution in [3.8, 4) is 5.69 Å². The quantitative estimate of drug-likeness (QED) is 0.883. The third-order valence-corrected chi connectivity index (χ3v) is 5.57. The maximum absolute atomic E-state index is 12.7. The zero-order chi connectivity index (χ0) is 18.3. The number of aromatic nitrogens is 3. The van der Waals surface area contributed by atoms with Gasteiger partial charge in [0.25, 0.3) is 0 Å². The van der Waals surface area contributed by atoms with Crippen LogP contribution in [-0.4, -0.2) is 50.0 Å². The molecule has 2 aromatic rings. The van der Waals surface area contributed by atoms with Gasteiger partial charge in [-0.3, -0.25) is 9.59 Å². The highest BCUT2D eigenvalue weighted by atomic mass is 16.4. The van der Waals surface area contributed by atoms with Gasteiger partial charge in [0.1, 0.15) is 0 Å². The van der Waals surface area contributed by atoms with Crippen molar-refractivity contribution >= 4 is 11.9 Å². The second-order valence-corrected chi connectivity index (χ2v) is 7.29. The summed E-state index contributed by atoms with van der Waals surface area (Å²) in [5.41, 5.74) is 2.37. The van der Waals surface area contributed by atoms with Crippen LogP contribution < -0.4 is 0 Å². The van der Waals surface area contributed by atoms with Crippen LogP contribution in [0.5, 0.6) is 0 Å². The summed E-state index contributed by atoms with van der Waals surface area (Å²) in [6.45, 7) is 2.75. The highest BCUT2D eigenvalue weighted by Crippen LogP contribution is 2.44. The molecule has 4 rings (SSSR count). The van der Waals surface area contributed by atoms with Gasteiger partial charge in [-0.1, -0.05) is 23.4 Å². The molecule has 0 bridgehead atoms. The lowest BCUT2D eigenvalue weighted by Crippen LogP contribution is -2.31. The van der Waals surface area contributed by atoms with E-state index in [-0.39, 0.29) is 18.2 Å². The van der Waals surface area contributed by atoms with Crippen LogP contribution in [0.4, 0.5) is 0 Å². The van der Waals surface area contributed by atoms with Gasteiger partial charge >= 0.3 is 5.97 Å². The molecule has 136 valence electrons. The summed E-state index contributed by atoms with van der Waals surface area (Å²) >= 11 is 0. The SMILES string of the molecule is Cc1c(CC(=O)N2C[C@H](C(=O)O)[C@@H](C3CC3)C2)nnn1-c1ccccc1. The number of likely N-dealkylation sites (tertiary alicyclic amines) is 1. The van der Waals surface area contributed by atoms with E-state index in [0.29, 0.717) is 24.7 Å². The number of amides is 1. The molecule has 26 heavy (non-hydrogen) atoms. The van der Waals surface area contributed by atoms with E-state index in [2.05, 4.69) is 10.3 Å². The summed E-state index contributed by atoms with van der Waals surface area (Å²) in [6, 6.07) is 9.66. The second-order valence-electron chi connectivity index (χ2n) is 7.29. The van der Waals surface area contributed by atoms with E-state index in [0.717, 1.165) is 24.2 Å². The Kier molecular flexibility index (Phi) is 4.22. The number of benzene rings is 1. The Balaban J connectivity index is 1.47. The molecule has 1 aliphatic carbocycles. The maximum Gasteiger partial charge on any atom is 0.308 e. The first-order valence-electron chi connectivity index (χ1n) is 9.01. The number of aliphatic carboxylic acids is 1. The molecular formula is C19H22N4O3. The first-order valence-corrected chi connectivity index (χ1v) is 9.01. The normalized spacial score (nSPS) is 22.6. The van der Waals surface area contributed by atoms with Crippen LogP contribution in [0.3, 0.4) is 0 Å². The number of hydrogen-bond donors (Lipinski definition) is 1. The Morgan fingerprint density at radius 2 is 1.92 bits per heavy atom. The predicted octanol–water partition coefficient (Wildman–Crippen LogP) is 1.69.